The van der Waals surface area contributed by atoms with Crippen LogP contribution in [0.1, 0.15) is 36.0 Å². The van der Waals surface area contributed by atoms with Crippen LogP contribution in [0.5, 0.6) is 0 Å². The molecule has 1 aromatic heterocycles. The van der Waals surface area contributed by atoms with Crippen LogP contribution in [0, 0.1) is 0 Å². The highest BCUT2D eigenvalue weighted by Crippen LogP contribution is 2.27. The van der Waals surface area contributed by atoms with Gasteiger partial charge in [0.15, 0.2) is 5.82 Å². The maximum absolute atomic E-state index is 11.7. The van der Waals surface area contributed by atoms with Crippen LogP contribution in [0.25, 0.3) is 0 Å². The molecule has 0 radical (unpaired) electrons. The standard InChI is InChI=1S/C12H18N4OS/c1-14-11(17)9-10(13)16-18-12(9)15-7-6-8-4-2-3-5-8/h4,15H,2-3,5-7H2,1H3,(H2,13,16)(H,14,17). The predicted molar refractivity (Wildman–Crippen MR) is 75.0 cm³/mol. The lowest BCUT2D eigenvalue weighted by Crippen LogP contribution is -2.20. The summed E-state index contributed by atoms with van der Waals surface area (Å²) in [7, 11) is 1.59. The van der Waals surface area contributed by atoms with E-state index in [9.17, 15) is 4.79 Å². The van der Waals surface area contributed by atoms with E-state index in [-0.39, 0.29) is 5.91 Å². The molecule has 1 heterocycles. The molecule has 1 amide bonds. The van der Waals surface area contributed by atoms with Crippen molar-refractivity contribution in [2.75, 3.05) is 24.6 Å². The van der Waals surface area contributed by atoms with E-state index in [1.54, 1.807) is 7.05 Å². The molecule has 0 unspecified atom stereocenters. The van der Waals surface area contributed by atoms with Crippen LogP contribution in [-0.4, -0.2) is 23.9 Å². The molecular weight excluding hydrogens is 248 g/mol. The normalized spacial score (nSPS) is 14.4. The number of nitrogens with zero attached hydrogens (tertiary/aromatic N) is 1. The number of nitrogen functional groups attached to an aromatic ring is 1. The molecule has 0 fully saturated rings. The molecule has 0 bridgehead atoms. The smallest absolute Gasteiger partial charge is 0.257 e. The van der Waals surface area contributed by atoms with Crippen LogP contribution in [0.3, 0.4) is 0 Å². The third-order valence-electron chi connectivity index (χ3n) is 3.04. The van der Waals surface area contributed by atoms with Crippen molar-refractivity contribution in [3.8, 4) is 0 Å². The zero-order valence-corrected chi connectivity index (χ0v) is 11.3. The van der Waals surface area contributed by atoms with Gasteiger partial charge in [-0.05, 0) is 37.2 Å². The molecule has 0 aliphatic heterocycles. The summed E-state index contributed by atoms with van der Waals surface area (Å²) in [6.07, 6.45) is 7.00. The minimum atomic E-state index is -0.191. The van der Waals surface area contributed by atoms with Gasteiger partial charge in [-0.3, -0.25) is 4.79 Å². The van der Waals surface area contributed by atoms with Gasteiger partial charge in [-0.15, -0.1) is 0 Å². The molecule has 2 rings (SSSR count). The van der Waals surface area contributed by atoms with E-state index < -0.39 is 0 Å². The molecule has 98 valence electrons. The number of aromatic nitrogens is 1. The van der Waals surface area contributed by atoms with Crippen LogP contribution in [-0.2, 0) is 0 Å². The zero-order valence-electron chi connectivity index (χ0n) is 10.5. The summed E-state index contributed by atoms with van der Waals surface area (Å²) in [5.41, 5.74) is 7.66. The number of carbonyl (C=O) groups excluding carboxylic acids is 1. The van der Waals surface area contributed by atoms with Crippen molar-refractivity contribution in [1.29, 1.82) is 0 Å². The van der Waals surface area contributed by atoms with Crippen molar-refractivity contribution < 1.29 is 4.79 Å². The fourth-order valence-corrected chi connectivity index (χ4v) is 2.80. The molecule has 0 aromatic carbocycles. The van der Waals surface area contributed by atoms with Gasteiger partial charge in [-0.25, -0.2) is 0 Å². The number of allylic oxidation sites excluding steroid dienone is 1. The quantitative estimate of drug-likeness (QED) is 0.712. The molecule has 18 heavy (non-hydrogen) atoms. The van der Waals surface area contributed by atoms with E-state index in [1.165, 1.54) is 36.4 Å². The van der Waals surface area contributed by atoms with Gasteiger partial charge in [0.25, 0.3) is 5.91 Å². The van der Waals surface area contributed by atoms with Gasteiger partial charge in [-0.1, -0.05) is 11.6 Å². The maximum atomic E-state index is 11.7. The van der Waals surface area contributed by atoms with E-state index in [0.717, 1.165) is 18.0 Å². The van der Waals surface area contributed by atoms with Crippen LogP contribution in [0.15, 0.2) is 11.6 Å². The van der Waals surface area contributed by atoms with Crippen molar-refractivity contribution >= 4 is 28.3 Å². The Morgan fingerprint density at radius 3 is 3.11 bits per heavy atom. The minimum Gasteiger partial charge on any atom is -0.382 e. The van der Waals surface area contributed by atoms with E-state index in [1.807, 2.05) is 0 Å². The van der Waals surface area contributed by atoms with Gasteiger partial charge in [0.2, 0.25) is 0 Å². The van der Waals surface area contributed by atoms with Crippen LogP contribution in [0.2, 0.25) is 0 Å². The average molecular weight is 266 g/mol. The highest BCUT2D eigenvalue weighted by molar-refractivity contribution is 7.11. The van der Waals surface area contributed by atoms with E-state index in [0.29, 0.717) is 11.4 Å². The molecule has 1 aliphatic rings. The molecule has 5 nitrogen and oxygen atoms in total. The summed E-state index contributed by atoms with van der Waals surface area (Å²) in [4.78, 5) is 11.7. The molecule has 0 saturated carbocycles. The Morgan fingerprint density at radius 2 is 2.44 bits per heavy atom. The minimum absolute atomic E-state index is 0.191. The summed E-state index contributed by atoms with van der Waals surface area (Å²) >= 11 is 1.24. The first-order valence-corrected chi connectivity index (χ1v) is 6.88. The first kappa shape index (κ1) is 12.9. The number of rotatable bonds is 5. The molecule has 1 aliphatic carbocycles. The molecule has 0 saturated heterocycles. The number of carbonyl (C=O) groups is 1. The van der Waals surface area contributed by atoms with Gasteiger partial charge in [0, 0.05) is 13.6 Å². The first-order valence-electron chi connectivity index (χ1n) is 6.11. The summed E-state index contributed by atoms with van der Waals surface area (Å²) in [5.74, 6) is 0.103. The Balaban J connectivity index is 1.94. The van der Waals surface area contributed by atoms with E-state index in [2.05, 4.69) is 21.1 Å². The Bertz CT molecular complexity index is 467. The lowest BCUT2D eigenvalue weighted by atomic mass is 10.2. The SMILES string of the molecule is CNC(=O)c1c(N)nsc1NCCC1=CCCC1. The van der Waals surface area contributed by atoms with Gasteiger partial charge < -0.3 is 16.4 Å². The summed E-state index contributed by atoms with van der Waals surface area (Å²) in [6.45, 7) is 0.817. The number of hydrogen-bond acceptors (Lipinski definition) is 5. The van der Waals surface area contributed by atoms with Crippen molar-refractivity contribution in [2.45, 2.75) is 25.7 Å². The number of hydrogen-bond donors (Lipinski definition) is 3. The fraction of sp³-hybridized carbons (Fsp3) is 0.500. The van der Waals surface area contributed by atoms with Crippen LogP contribution in [0.4, 0.5) is 10.8 Å². The highest BCUT2D eigenvalue weighted by Gasteiger charge is 2.17. The van der Waals surface area contributed by atoms with Crippen LogP contribution >= 0.6 is 11.5 Å². The van der Waals surface area contributed by atoms with Crippen molar-refractivity contribution in [3.05, 3.63) is 17.2 Å². The topological polar surface area (TPSA) is 80.0 Å². The largest absolute Gasteiger partial charge is 0.382 e. The van der Waals surface area contributed by atoms with Gasteiger partial charge in [-0.2, -0.15) is 4.37 Å². The second-order valence-corrected chi connectivity index (χ2v) is 5.06. The maximum Gasteiger partial charge on any atom is 0.257 e. The Hall–Kier alpha value is -1.56. The zero-order chi connectivity index (χ0) is 13.0. The summed E-state index contributed by atoms with van der Waals surface area (Å²) < 4.78 is 4.02. The molecule has 6 heteroatoms. The lowest BCUT2D eigenvalue weighted by molar-refractivity contribution is 0.0965. The molecule has 0 spiro atoms. The summed E-state index contributed by atoms with van der Waals surface area (Å²) in [6, 6.07) is 0. The Labute approximate surface area is 111 Å². The van der Waals surface area contributed by atoms with Gasteiger partial charge >= 0.3 is 0 Å². The number of amides is 1. The number of nitrogens with two attached hydrogens (primary N) is 1. The third kappa shape index (κ3) is 2.81. The molecular formula is C12H18N4OS. The van der Waals surface area contributed by atoms with Crippen LogP contribution < -0.4 is 16.4 Å². The average Bonchev–Trinajstić information content (AvgIpc) is 2.99. The third-order valence-corrected chi connectivity index (χ3v) is 3.86. The lowest BCUT2D eigenvalue weighted by Gasteiger charge is -2.06. The fourth-order valence-electron chi connectivity index (χ4n) is 2.07. The molecule has 0 atom stereocenters. The molecule has 4 N–H and O–H groups in total. The van der Waals surface area contributed by atoms with Crippen molar-refractivity contribution in [1.82, 2.24) is 9.69 Å². The van der Waals surface area contributed by atoms with Crippen molar-refractivity contribution in [3.63, 3.8) is 0 Å². The molecule has 1 aromatic rings. The predicted octanol–water partition coefficient (Wildman–Crippen LogP) is 2.00. The second-order valence-electron chi connectivity index (χ2n) is 4.28. The van der Waals surface area contributed by atoms with E-state index in [4.69, 9.17) is 5.73 Å². The second kappa shape index (κ2) is 5.86. The van der Waals surface area contributed by atoms with E-state index >= 15 is 0 Å². The first-order chi connectivity index (χ1) is 8.72. The van der Waals surface area contributed by atoms with Gasteiger partial charge in [0.1, 0.15) is 10.6 Å². The number of nitrogens with one attached hydrogen (secondary N) is 2. The Kier molecular flexibility index (Phi) is 4.19. The number of anilines is 2. The Morgan fingerprint density at radius 1 is 1.61 bits per heavy atom. The van der Waals surface area contributed by atoms with Crippen molar-refractivity contribution in [2.24, 2.45) is 0 Å². The monoisotopic (exact) mass is 266 g/mol. The van der Waals surface area contributed by atoms with Gasteiger partial charge in [0.05, 0.1) is 0 Å². The highest BCUT2D eigenvalue weighted by atomic mass is 32.1. The summed E-state index contributed by atoms with van der Waals surface area (Å²) in [5, 5.41) is 6.58.